The molecule has 0 aliphatic heterocycles. The number of rotatable bonds is 8. The molecule has 0 rings (SSSR count). The van der Waals surface area contributed by atoms with Crippen LogP contribution in [0.2, 0.25) is 0 Å². The molecule has 3 N–H and O–H groups in total. The monoisotopic (exact) mass is 246 g/mol. The number of nitrogens with one attached hydrogen (secondary N) is 2. The van der Waals surface area contributed by atoms with Gasteiger partial charge in [0.15, 0.2) is 0 Å². The minimum atomic E-state index is -1.01. The minimum absolute atomic E-state index is 0.0831. The van der Waals surface area contributed by atoms with E-state index in [-0.39, 0.29) is 6.10 Å². The van der Waals surface area contributed by atoms with Gasteiger partial charge in [-0.3, -0.25) is 0 Å². The Balaban J connectivity index is 3.93. The summed E-state index contributed by atoms with van der Waals surface area (Å²) >= 11 is 0. The highest BCUT2D eigenvalue weighted by Crippen LogP contribution is 1.96. The summed E-state index contributed by atoms with van der Waals surface area (Å²) in [4.78, 5) is 22.2. The Hall–Kier alpha value is -1.30. The van der Waals surface area contributed by atoms with E-state index in [0.717, 1.165) is 0 Å². The molecule has 0 aliphatic carbocycles. The van der Waals surface area contributed by atoms with Crippen molar-refractivity contribution >= 4 is 12.0 Å². The molecule has 6 nitrogen and oxygen atoms in total. The van der Waals surface area contributed by atoms with Gasteiger partial charge in [-0.05, 0) is 20.3 Å². The van der Waals surface area contributed by atoms with Crippen LogP contribution in [0.15, 0.2) is 0 Å². The van der Waals surface area contributed by atoms with Crippen LogP contribution in [-0.2, 0) is 9.53 Å². The van der Waals surface area contributed by atoms with E-state index in [0.29, 0.717) is 26.0 Å². The molecule has 2 atom stereocenters. The highest BCUT2D eigenvalue weighted by Gasteiger charge is 2.18. The Morgan fingerprint density at radius 3 is 2.47 bits per heavy atom. The molecule has 0 aliphatic rings. The molecule has 0 radical (unpaired) electrons. The second kappa shape index (κ2) is 8.81. The molecule has 0 saturated carbocycles. The van der Waals surface area contributed by atoms with Crippen molar-refractivity contribution in [3.05, 3.63) is 0 Å². The SMILES string of the molecule is CCC[C@H](NC(=O)NCC(C)OCC)C(=O)O. The number of urea groups is 1. The van der Waals surface area contributed by atoms with Gasteiger partial charge < -0.3 is 20.5 Å². The van der Waals surface area contributed by atoms with E-state index in [1.54, 1.807) is 0 Å². The molecule has 0 aromatic heterocycles. The summed E-state index contributed by atoms with van der Waals surface area (Å²) in [5, 5.41) is 13.8. The zero-order valence-electron chi connectivity index (χ0n) is 10.7. The van der Waals surface area contributed by atoms with Crippen LogP contribution >= 0.6 is 0 Å². The number of hydrogen-bond acceptors (Lipinski definition) is 3. The van der Waals surface area contributed by atoms with Gasteiger partial charge in [-0.1, -0.05) is 13.3 Å². The minimum Gasteiger partial charge on any atom is -0.480 e. The molecule has 100 valence electrons. The highest BCUT2D eigenvalue weighted by molar-refractivity contribution is 5.82. The van der Waals surface area contributed by atoms with Crippen molar-refractivity contribution in [3.8, 4) is 0 Å². The highest BCUT2D eigenvalue weighted by atomic mass is 16.5. The molecule has 0 bridgehead atoms. The Bertz CT molecular complexity index is 246. The van der Waals surface area contributed by atoms with Crippen molar-refractivity contribution in [3.63, 3.8) is 0 Å². The van der Waals surface area contributed by atoms with Crippen LogP contribution in [0.1, 0.15) is 33.6 Å². The number of hydrogen-bond donors (Lipinski definition) is 3. The predicted octanol–water partition coefficient (Wildman–Crippen LogP) is 0.964. The van der Waals surface area contributed by atoms with Crippen molar-refractivity contribution < 1.29 is 19.4 Å². The number of ether oxygens (including phenoxy) is 1. The second-order valence-corrected chi connectivity index (χ2v) is 3.80. The Morgan fingerprint density at radius 2 is 2.00 bits per heavy atom. The number of carboxylic acid groups (broad SMARTS) is 1. The maximum absolute atomic E-state index is 11.4. The first kappa shape index (κ1) is 15.7. The van der Waals surface area contributed by atoms with Crippen molar-refractivity contribution in [2.24, 2.45) is 0 Å². The van der Waals surface area contributed by atoms with Gasteiger partial charge >= 0.3 is 12.0 Å². The van der Waals surface area contributed by atoms with E-state index in [9.17, 15) is 9.59 Å². The average Bonchev–Trinajstić information content (AvgIpc) is 2.26. The fourth-order valence-electron chi connectivity index (χ4n) is 1.34. The van der Waals surface area contributed by atoms with Gasteiger partial charge in [-0.25, -0.2) is 9.59 Å². The second-order valence-electron chi connectivity index (χ2n) is 3.80. The zero-order chi connectivity index (χ0) is 13.3. The van der Waals surface area contributed by atoms with Gasteiger partial charge in [0.1, 0.15) is 6.04 Å². The van der Waals surface area contributed by atoms with Gasteiger partial charge in [0, 0.05) is 13.2 Å². The van der Waals surface area contributed by atoms with Crippen molar-refractivity contribution in [2.75, 3.05) is 13.2 Å². The number of amides is 2. The standard InChI is InChI=1S/C11H22N2O4/c1-4-6-9(10(14)15)13-11(16)12-7-8(3)17-5-2/h8-9H,4-7H2,1-3H3,(H,14,15)(H2,12,13,16)/t8?,9-/m0/s1. The summed E-state index contributed by atoms with van der Waals surface area (Å²) in [6, 6.07) is -1.31. The van der Waals surface area contributed by atoms with E-state index < -0.39 is 18.0 Å². The van der Waals surface area contributed by atoms with Crippen LogP contribution < -0.4 is 10.6 Å². The van der Waals surface area contributed by atoms with Crippen LogP contribution in [0.25, 0.3) is 0 Å². The molecular formula is C11H22N2O4. The van der Waals surface area contributed by atoms with E-state index >= 15 is 0 Å². The first-order valence-electron chi connectivity index (χ1n) is 5.90. The van der Waals surface area contributed by atoms with Crippen LogP contribution in [0.3, 0.4) is 0 Å². The van der Waals surface area contributed by atoms with E-state index in [4.69, 9.17) is 9.84 Å². The summed E-state index contributed by atoms with van der Waals surface area (Å²) in [7, 11) is 0. The zero-order valence-corrected chi connectivity index (χ0v) is 10.7. The van der Waals surface area contributed by atoms with Gasteiger partial charge in [-0.2, -0.15) is 0 Å². The van der Waals surface area contributed by atoms with Crippen molar-refractivity contribution in [1.82, 2.24) is 10.6 Å². The lowest BCUT2D eigenvalue weighted by Crippen LogP contribution is -2.47. The quantitative estimate of drug-likeness (QED) is 0.595. The Kier molecular flexibility index (Phi) is 8.13. The third-order valence-electron chi connectivity index (χ3n) is 2.18. The molecule has 0 aromatic carbocycles. The lowest BCUT2D eigenvalue weighted by atomic mass is 10.2. The Morgan fingerprint density at radius 1 is 1.35 bits per heavy atom. The summed E-state index contributed by atoms with van der Waals surface area (Å²) in [5.41, 5.74) is 0. The largest absolute Gasteiger partial charge is 0.480 e. The summed E-state index contributed by atoms with van der Waals surface area (Å²) in [6.07, 6.45) is 1.04. The first-order valence-corrected chi connectivity index (χ1v) is 5.90. The van der Waals surface area contributed by atoms with Crippen LogP contribution in [0.5, 0.6) is 0 Å². The van der Waals surface area contributed by atoms with Crippen molar-refractivity contribution in [1.29, 1.82) is 0 Å². The number of carbonyl (C=O) groups is 2. The van der Waals surface area contributed by atoms with Crippen LogP contribution in [-0.4, -0.2) is 42.4 Å². The van der Waals surface area contributed by atoms with E-state index in [1.807, 2.05) is 20.8 Å². The fourth-order valence-corrected chi connectivity index (χ4v) is 1.34. The summed E-state index contributed by atoms with van der Waals surface area (Å²) in [6.45, 7) is 6.52. The normalized spacial score (nSPS) is 13.8. The topological polar surface area (TPSA) is 87.7 Å². The molecule has 0 spiro atoms. The number of carboxylic acids is 1. The first-order chi connectivity index (χ1) is 8.01. The lowest BCUT2D eigenvalue weighted by Gasteiger charge is -2.16. The molecule has 0 saturated heterocycles. The van der Waals surface area contributed by atoms with Gasteiger partial charge in [0.2, 0.25) is 0 Å². The molecule has 0 aromatic rings. The molecule has 0 fully saturated rings. The van der Waals surface area contributed by atoms with Crippen LogP contribution in [0, 0.1) is 0 Å². The predicted molar refractivity (Wildman–Crippen MR) is 64.0 cm³/mol. The summed E-state index contributed by atoms with van der Waals surface area (Å²) in [5.74, 6) is -1.01. The number of carbonyl (C=O) groups excluding carboxylic acids is 1. The van der Waals surface area contributed by atoms with Gasteiger partial charge in [0.25, 0.3) is 0 Å². The average molecular weight is 246 g/mol. The number of aliphatic carboxylic acids is 1. The third-order valence-corrected chi connectivity index (χ3v) is 2.18. The molecule has 1 unspecified atom stereocenters. The molecule has 6 heteroatoms. The lowest BCUT2D eigenvalue weighted by molar-refractivity contribution is -0.139. The van der Waals surface area contributed by atoms with Crippen molar-refractivity contribution in [2.45, 2.75) is 45.8 Å². The maximum Gasteiger partial charge on any atom is 0.326 e. The molecule has 0 heterocycles. The van der Waals surface area contributed by atoms with Gasteiger partial charge in [0.05, 0.1) is 6.10 Å². The Labute approximate surface area is 102 Å². The molecular weight excluding hydrogens is 224 g/mol. The molecule has 17 heavy (non-hydrogen) atoms. The maximum atomic E-state index is 11.4. The summed E-state index contributed by atoms with van der Waals surface area (Å²) < 4.78 is 5.23. The van der Waals surface area contributed by atoms with Gasteiger partial charge in [-0.15, -0.1) is 0 Å². The fraction of sp³-hybridized carbons (Fsp3) is 0.818. The third kappa shape index (κ3) is 7.57. The smallest absolute Gasteiger partial charge is 0.326 e. The van der Waals surface area contributed by atoms with E-state index in [1.165, 1.54) is 0 Å². The molecule has 2 amide bonds. The van der Waals surface area contributed by atoms with E-state index in [2.05, 4.69) is 10.6 Å². The van der Waals surface area contributed by atoms with Crippen LogP contribution in [0.4, 0.5) is 4.79 Å².